The molecule has 1 saturated heterocycles. The van der Waals surface area contributed by atoms with E-state index in [2.05, 4.69) is 24.5 Å². The fourth-order valence-electron chi connectivity index (χ4n) is 3.47. The van der Waals surface area contributed by atoms with Gasteiger partial charge in [-0.1, -0.05) is 26.0 Å². The summed E-state index contributed by atoms with van der Waals surface area (Å²) in [6.07, 6.45) is 3.39. The van der Waals surface area contributed by atoms with Crippen LogP contribution in [0.4, 0.5) is 4.79 Å². The minimum absolute atomic E-state index is 0.116. The fourth-order valence-corrected chi connectivity index (χ4v) is 3.47. The highest BCUT2D eigenvalue weighted by atomic mass is 16.5. The van der Waals surface area contributed by atoms with Gasteiger partial charge in [-0.3, -0.25) is 4.79 Å². The highest BCUT2D eigenvalue weighted by Gasteiger charge is 2.27. The van der Waals surface area contributed by atoms with Gasteiger partial charge in [-0.25, -0.2) is 4.79 Å². The van der Waals surface area contributed by atoms with E-state index >= 15 is 0 Å². The zero-order valence-electron chi connectivity index (χ0n) is 16.8. The number of rotatable bonds is 8. The van der Waals surface area contributed by atoms with Crippen molar-refractivity contribution in [3.05, 3.63) is 29.8 Å². The Morgan fingerprint density at radius 3 is 2.52 bits per heavy atom. The zero-order valence-corrected chi connectivity index (χ0v) is 16.8. The van der Waals surface area contributed by atoms with Crippen molar-refractivity contribution in [2.45, 2.75) is 59.0 Å². The number of carbonyl (C=O) groups is 2. The summed E-state index contributed by atoms with van der Waals surface area (Å²) in [6.45, 7) is 8.59. The first kappa shape index (κ1) is 21.1. The lowest BCUT2D eigenvalue weighted by Crippen LogP contribution is -2.50. The summed E-state index contributed by atoms with van der Waals surface area (Å²) >= 11 is 0. The predicted octanol–water partition coefficient (Wildman–Crippen LogP) is 3.31. The van der Waals surface area contributed by atoms with Crippen LogP contribution in [-0.4, -0.2) is 42.6 Å². The van der Waals surface area contributed by atoms with Gasteiger partial charge in [0.1, 0.15) is 5.75 Å². The summed E-state index contributed by atoms with van der Waals surface area (Å²) in [5.74, 6) is 1.20. The van der Waals surface area contributed by atoms with E-state index in [0.717, 1.165) is 50.1 Å². The quantitative estimate of drug-likeness (QED) is 0.732. The van der Waals surface area contributed by atoms with Crippen LogP contribution in [-0.2, 0) is 11.3 Å². The Bertz CT molecular complexity index is 608. The Hall–Kier alpha value is -2.24. The van der Waals surface area contributed by atoms with Crippen LogP contribution in [0.1, 0.15) is 52.0 Å². The van der Waals surface area contributed by atoms with Gasteiger partial charge in [0.2, 0.25) is 5.91 Å². The molecule has 0 aliphatic carbocycles. The number of ether oxygens (including phenoxy) is 1. The molecule has 150 valence electrons. The highest BCUT2D eigenvalue weighted by Crippen LogP contribution is 2.17. The van der Waals surface area contributed by atoms with E-state index in [0.29, 0.717) is 13.2 Å². The summed E-state index contributed by atoms with van der Waals surface area (Å²) < 4.78 is 5.48. The smallest absolute Gasteiger partial charge is 0.315 e. The second-order valence-corrected chi connectivity index (χ2v) is 7.02. The molecular weight excluding hydrogens is 342 g/mol. The average molecular weight is 376 g/mol. The van der Waals surface area contributed by atoms with Crippen LogP contribution in [0.25, 0.3) is 0 Å². The van der Waals surface area contributed by atoms with Gasteiger partial charge in [-0.15, -0.1) is 0 Å². The Kier molecular flexibility index (Phi) is 8.43. The maximum Gasteiger partial charge on any atom is 0.315 e. The van der Waals surface area contributed by atoms with Crippen molar-refractivity contribution in [2.75, 3.05) is 19.7 Å². The predicted molar refractivity (Wildman–Crippen MR) is 107 cm³/mol. The monoisotopic (exact) mass is 375 g/mol. The van der Waals surface area contributed by atoms with E-state index in [1.54, 1.807) is 0 Å². The van der Waals surface area contributed by atoms with Crippen molar-refractivity contribution >= 4 is 11.9 Å². The first-order valence-corrected chi connectivity index (χ1v) is 10.1. The summed E-state index contributed by atoms with van der Waals surface area (Å²) in [5.41, 5.74) is 1.00. The zero-order chi connectivity index (χ0) is 19.6. The molecule has 1 heterocycles. The van der Waals surface area contributed by atoms with Gasteiger partial charge in [0.15, 0.2) is 0 Å². The molecule has 3 amide bonds. The molecule has 27 heavy (non-hydrogen) atoms. The van der Waals surface area contributed by atoms with E-state index in [1.165, 1.54) is 0 Å². The number of carbonyl (C=O) groups excluding carboxylic acids is 2. The number of nitrogens with one attached hydrogen (secondary N) is 2. The molecule has 0 spiro atoms. The second-order valence-electron chi connectivity index (χ2n) is 7.02. The fraction of sp³-hybridized carbons (Fsp3) is 0.619. The SMILES string of the molecule is CCOc1cccc(CNC(=O)NC2CCN(C(=O)C(CC)CC)CC2)c1. The van der Waals surface area contributed by atoms with Crippen LogP contribution >= 0.6 is 0 Å². The molecule has 2 N–H and O–H groups in total. The largest absolute Gasteiger partial charge is 0.494 e. The van der Waals surface area contributed by atoms with Gasteiger partial charge >= 0.3 is 6.03 Å². The lowest BCUT2D eigenvalue weighted by molar-refractivity contribution is -0.136. The molecule has 0 aromatic heterocycles. The standard InChI is InChI=1S/C21H33N3O3/c1-4-17(5-2)20(25)24-12-10-18(11-13-24)23-21(26)22-15-16-8-7-9-19(14-16)27-6-3/h7-9,14,17-18H,4-6,10-13,15H2,1-3H3,(H2,22,23,26). The van der Waals surface area contributed by atoms with E-state index in [9.17, 15) is 9.59 Å². The van der Waals surface area contributed by atoms with Gasteiger partial charge in [0, 0.05) is 31.6 Å². The van der Waals surface area contributed by atoms with Crippen molar-refractivity contribution < 1.29 is 14.3 Å². The van der Waals surface area contributed by atoms with Crippen LogP contribution < -0.4 is 15.4 Å². The van der Waals surface area contributed by atoms with Crippen molar-refractivity contribution in [1.29, 1.82) is 0 Å². The van der Waals surface area contributed by atoms with Crippen LogP contribution in [0.5, 0.6) is 5.75 Å². The topological polar surface area (TPSA) is 70.7 Å². The highest BCUT2D eigenvalue weighted by molar-refractivity contribution is 5.79. The molecule has 1 aromatic carbocycles. The third-order valence-electron chi connectivity index (χ3n) is 5.14. The van der Waals surface area contributed by atoms with Gasteiger partial charge in [-0.05, 0) is 50.3 Å². The Morgan fingerprint density at radius 1 is 1.19 bits per heavy atom. The number of hydrogen-bond donors (Lipinski definition) is 2. The minimum atomic E-state index is -0.165. The molecule has 1 fully saturated rings. The number of nitrogens with zero attached hydrogens (tertiary/aromatic N) is 1. The van der Waals surface area contributed by atoms with Gasteiger partial charge in [0.05, 0.1) is 6.61 Å². The number of amides is 3. The van der Waals surface area contributed by atoms with Crippen molar-refractivity contribution in [1.82, 2.24) is 15.5 Å². The normalized spacial score (nSPS) is 14.9. The number of likely N-dealkylation sites (tertiary alicyclic amines) is 1. The number of piperidine rings is 1. The number of hydrogen-bond acceptors (Lipinski definition) is 3. The molecule has 0 radical (unpaired) electrons. The lowest BCUT2D eigenvalue weighted by Gasteiger charge is -2.34. The van der Waals surface area contributed by atoms with Gasteiger partial charge in [-0.2, -0.15) is 0 Å². The Labute approximate surface area is 162 Å². The van der Waals surface area contributed by atoms with E-state index in [1.807, 2.05) is 36.1 Å². The third kappa shape index (κ3) is 6.45. The third-order valence-corrected chi connectivity index (χ3v) is 5.14. The molecule has 1 aliphatic heterocycles. The lowest BCUT2D eigenvalue weighted by atomic mass is 9.98. The molecule has 2 rings (SSSR count). The molecule has 0 unspecified atom stereocenters. The van der Waals surface area contributed by atoms with Crippen molar-refractivity contribution in [3.63, 3.8) is 0 Å². The number of urea groups is 1. The molecule has 0 bridgehead atoms. The maximum absolute atomic E-state index is 12.4. The first-order chi connectivity index (χ1) is 13.1. The molecule has 1 aromatic rings. The van der Waals surface area contributed by atoms with Gasteiger partial charge in [0.25, 0.3) is 0 Å². The van der Waals surface area contributed by atoms with E-state index in [4.69, 9.17) is 4.74 Å². The summed E-state index contributed by atoms with van der Waals surface area (Å²) in [7, 11) is 0. The van der Waals surface area contributed by atoms with E-state index < -0.39 is 0 Å². The van der Waals surface area contributed by atoms with Gasteiger partial charge < -0.3 is 20.3 Å². The minimum Gasteiger partial charge on any atom is -0.494 e. The maximum atomic E-state index is 12.4. The summed E-state index contributed by atoms with van der Waals surface area (Å²) in [5, 5.41) is 5.93. The molecule has 6 nitrogen and oxygen atoms in total. The second kappa shape index (κ2) is 10.8. The van der Waals surface area contributed by atoms with E-state index in [-0.39, 0.29) is 23.9 Å². The Morgan fingerprint density at radius 2 is 1.89 bits per heavy atom. The van der Waals surface area contributed by atoms with Crippen LogP contribution in [0.15, 0.2) is 24.3 Å². The van der Waals surface area contributed by atoms with Crippen LogP contribution in [0.2, 0.25) is 0 Å². The molecule has 0 atom stereocenters. The molecular formula is C21H33N3O3. The van der Waals surface area contributed by atoms with Crippen molar-refractivity contribution in [3.8, 4) is 5.75 Å². The number of benzene rings is 1. The molecule has 6 heteroatoms. The van der Waals surface area contributed by atoms with Crippen LogP contribution in [0.3, 0.4) is 0 Å². The Balaban J connectivity index is 1.73. The van der Waals surface area contributed by atoms with Crippen LogP contribution in [0, 0.1) is 5.92 Å². The van der Waals surface area contributed by atoms with Crippen molar-refractivity contribution in [2.24, 2.45) is 5.92 Å². The summed E-state index contributed by atoms with van der Waals surface area (Å²) in [6, 6.07) is 7.68. The average Bonchev–Trinajstić information content (AvgIpc) is 2.68. The summed E-state index contributed by atoms with van der Waals surface area (Å²) in [4.78, 5) is 26.6. The first-order valence-electron chi connectivity index (χ1n) is 10.1. The molecule has 0 saturated carbocycles. The molecule has 1 aliphatic rings.